The van der Waals surface area contributed by atoms with E-state index in [4.69, 9.17) is 0 Å². The largest absolute Gasteiger partial charge is 0.338 e. The number of amides is 2. The van der Waals surface area contributed by atoms with Crippen LogP contribution in [-0.2, 0) is 6.42 Å². The highest BCUT2D eigenvalue weighted by Gasteiger charge is 2.37. The Kier molecular flexibility index (Phi) is 7.93. The topological polar surface area (TPSA) is 57.3 Å². The SMILES string of the molecule is Cl.Cl.O=C(NCCc1cccnc1)N1[C@H]2CCNC[C@@H]1CC2. The fourth-order valence-electron chi connectivity index (χ4n) is 3.26. The third-order valence-corrected chi connectivity index (χ3v) is 4.30. The lowest BCUT2D eigenvalue weighted by Crippen LogP contribution is -2.48. The number of urea groups is 1. The predicted molar refractivity (Wildman–Crippen MR) is 92.0 cm³/mol. The quantitative estimate of drug-likeness (QED) is 0.879. The van der Waals surface area contributed by atoms with Gasteiger partial charge >= 0.3 is 6.03 Å². The highest BCUT2D eigenvalue weighted by atomic mass is 35.5. The van der Waals surface area contributed by atoms with Gasteiger partial charge in [-0.25, -0.2) is 4.79 Å². The third-order valence-electron chi connectivity index (χ3n) is 4.30. The first-order valence-electron chi connectivity index (χ1n) is 7.50. The monoisotopic (exact) mass is 346 g/mol. The predicted octanol–water partition coefficient (Wildman–Crippen LogP) is 2.00. The van der Waals surface area contributed by atoms with E-state index in [1.165, 1.54) is 0 Å². The Bertz CT molecular complexity index is 446. The van der Waals surface area contributed by atoms with Gasteiger partial charge in [-0.2, -0.15) is 0 Å². The highest BCUT2D eigenvalue weighted by Crippen LogP contribution is 2.27. The standard InChI is InChI=1S/C15H22N4O.2ClH/c20-15(18-9-5-12-2-1-7-16-10-12)19-13-3-4-14(19)11-17-8-6-13;;/h1-2,7,10,13-14,17H,3-6,8-9,11H2,(H,18,20);2*1H/t13-,14+;;/m1../s1. The van der Waals surface area contributed by atoms with Crippen LogP contribution in [0.2, 0.25) is 0 Å². The summed E-state index contributed by atoms with van der Waals surface area (Å²) < 4.78 is 0. The van der Waals surface area contributed by atoms with Gasteiger partial charge in [0.2, 0.25) is 0 Å². The number of fused-ring (bicyclic) bond motifs is 2. The molecule has 0 aliphatic carbocycles. The molecule has 3 rings (SSSR count). The number of carbonyl (C=O) groups is 1. The molecule has 2 amide bonds. The van der Waals surface area contributed by atoms with Gasteiger partial charge in [-0.1, -0.05) is 6.07 Å². The minimum absolute atomic E-state index is 0. The van der Waals surface area contributed by atoms with Crippen LogP contribution in [0, 0.1) is 0 Å². The molecule has 0 spiro atoms. The number of aromatic nitrogens is 1. The summed E-state index contributed by atoms with van der Waals surface area (Å²) in [5.41, 5.74) is 1.16. The Morgan fingerprint density at radius 2 is 2.14 bits per heavy atom. The Labute approximate surface area is 144 Å². The number of halogens is 2. The number of nitrogens with zero attached hydrogens (tertiary/aromatic N) is 2. The highest BCUT2D eigenvalue weighted by molar-refractivity contribution is 5.85. The average Bonchev–Trinajstić information content (AvgIpc) is 2.73. The molecule has 2 N–H and O–H groups in total. The molecule has 2 saturated heterocycles. The Balaban J connectivity index is 0.00000121. The first-order chi connectivity index (χ1) is 9.84. The minimum atomic E-state index is 0. The molecule has 0 unspecified atom stereocenters. The van der Waals surface area contributed by atoms with Crippen LogP contribution in [0.1, 0.15) is 24.8 Å². The number of pyridine rings is 1. The second-order valence-electron chi connectivity index (χ2n) is 5.63. The fourth-order valence-corrected chi connectivity index (χ4v) is 3.26. The van der Waals surface area contributed by atoms with Gasteiger partial charge in [-0.05, 0) is 43.9 Å². The third kappa shape index (κ3) is 4.48. The second kappa shape index (κ2) is 9.18. The summed E-state index contributed by atoms with van der Waals surface area (Å²) in [4.78, 5) is 18.5. The number of carbonyl (C=O) groups excluding carboxylic acids is 1. The molecule has 7 heteroatoms. The van der Waals surface area contributed by atoms with E-state index in [-0.39, 0.29) is 30.8 Å². The molecule has 0 saturated carbocycles. The van der Waals surface area contributed by atoms with E-state index < -0.39 is 0 Å². The van der Waals surface area contributed by atoms with E-state index in [9.17, 15) is 4.79 Å². The van der Waals surface area contributed by atoms with Crippen LogP contribution in [0.5, 0.6) is 0 Å². The first-order valence-corrected chi connectivity index (χ1v) is 7.50. The zero-order valence-corrected chi connectivity index (χ0v) is 14.2. The van der Waals surface area contributed by atoms with Gasteiger partial charge in [-0.3, -0.25) is 4.98 Å². The van der Waals surface area contributed by atoms with Crippen molar-refractivity contribution >= 4 is 30.8 Å². The van der Waals surface area contributed by atoms with Crippen molar-refractivity contribution in [2.24, 2.45) is 0 Å². The van der Waals surface area contributed by atoms with Crippen LogP contribution in [0.15, 0.2) is 24.5 Å². The van der Waals surface area contributed by atoms with Crippen LogP contribution in [0.4, 0.5) is 4.79 Å². The molecule has 124 valence electrons. The van der Waals surface area contributed by atoms with Crippen molar-refractivity contribution in [2.75, 3.05) is 19.6 Å². The molecule has 2 fully saturated rings. The van der Waals surface area contributed by atoms with Gasteiger partial charge in [-0.15, -0.1) is 24.8 Å². The van der Waals surface area contributed by atoms with Gasteiger partial charge in [0.05, 0.1) is 0 Å². The van der Waals surface area contributed by atoms with E-state index in [1.54, 1.807) is 6.20 Å². The van der Waals surface area contributed by atoms with E-state index in [0.717, 1.165) is 44.3 Å². The summed E-state index contributed by atoms with van der Waals surface area (Å²) in [5, 5.41) is 6.48. The molecule has 2 atom stereocenters. The average molecular weight is 347 g/mol. The minimum Gasteiger partial charge on any atom is -0.338 e. The molecule has 22 heavy (non-hydrogen) atoms. The maximum absolute atomic E-state index is 12.4. The van der Waals surface area contributed by atoms with Gasteiger partial charge in [0.25, 0.3) is 0 Å². The maximum atomic E-state index is 12.4. The number of nitrogens with one attached hydrogen (secondary N) is 2. The molecular weight excluding hydrogens is 323 g/mol. The summed E-state index contributed by atoms with van der Waals surface area (Å²) in [5.74, 6) is 0. The van der Waals surface area contributed by atoms with Gasteiger partial charge in [0.1, 0.15) is 0 Å². The summed E-state index contributed by atoms with van der Waals surface area (Å²) in [7, 11) is 0. The lowest BCUT2D eigenvalue weighted by Gasteiger charge is -2.28. The molecule has 1 aromatic heterocycles. The zero-order chi connectivity index (χ0) is 13.8. The van der Waals surface area contributed by atoms with Crippen LogP contribution in [-0.4, -0.2) is 47.6 Å². The van der Waals surface area contributed by atoms with Crippen molar-refractivity contribution in [3.05, 3.63) is 30.1 Å². The van der Waals surface area contributed by atoms with E-state index in [2.05, 4.69) is 20.5 Å². The van der Waals surface area contributed by atoms with E-state index >= 15 is 0 Å². The molecule has 3 heterocycles. The Morgan fingerprint density at radius 1 is 1.32 bits per heavy atom. The summed E-state index contributed by atoms with van der Waals surface area (Å²) >= 11 is 0. The molecule has 0 aromatic carbocycles. The molecule has 0 radical (unpaired) electrons. The molecule has 1 aromatic rings. The van der Waals surface area contributed by atoms with Crippen molar-refractivity contribution < 1.29 is 4.79 Å². The smallest absolute Gasteiger partial charge is 0.317 e. The van der Waals surface area contributed by atoms with Gasteiger partial charge in [0.15, 0.2) is 0 Å². The lowest BCUT2D eigenvalue weighted by atomic mass is 10.1. The van der Waals surface area contributed by atoms with E-state index in [1.807, 2.05) is 18.3 Å². The number of hydrogen-bond donors (Lipinski definition) is 2. The van der Waals surface area contributed by atoms with Crippen molar-refractivity contribution in [1.29, 1.82) is 0 Å². The molecule has 2 bridgehead atoms. The molecule has 5 nitrogen and oxygen atoms in total. The molecule has 2 aliphatic rings. The summed E-state index contributed by atoms with van der Waals surface area (Å²) in [6.45, 7) is 2.64. The summed E-state index contributed by atoms with van der Waals surface area (Å²) in [6.07, 6.45) is 7.82. The van der Waals surface area contributed by atoms with Crippen LogP contribution in [0.3, 0.4) is 0 Å². The number of rotatable bonds is 3. The van der Waals surface area contributed by atoms with Gasteiger partial charge < -0.3 is 15.5 Å². The summed E-state index contributed by atoms with van der Waals surface area (Å²) in [6, 6.07) is 4.87. The second-order valence-corrected chi connectivity index (χ2v) is 5.63. The van der Waals surface area contributed by atoms with E-state index in [0.29, 0.717) is 18.6 Å². The Morgan fingerprint density at radius 3 is 2.91 bits per heavy atom. The molecular formula is C15H24Cl2N4O. The fraction of sp³-hybridized carbons (Fsp3) is 0.600. The van der Waals surface area contributed by atoms with Gasteiger partial charge in [0, 0.05) is 37.6 Å². The molecule has 2 aliphatic heterocycles. The van der Waals surface area contributed by atoms with Crippen molar-refractivity contribution in [1.82, 2.24) is 20.5 Å². The first kappa shape index (κ1) is 19.0. The Hall–Kier alpha value is -1.04. The normalized spacial score (nSPS) is 23.0. The van der Waals surface area contributed by atoms with Crippen LogP contribution < -0.4 is 10.6 Å². The van der Waals surface area contributed by atoms with Crippen LogP contribution in [0.25, 0.3) is 0 Å². The van der Waals surface area contributed by atoms with Crippen molar-refractivity contribution in [2.45, 2.75) is 37.8 Å². The van der Waals surface area contributed by atoms with Crippen LogP contribution >= 0.6 is 24.8 Å². The maximum Gasteiger partial charge on any atom is 0.317 e. The van der Waals surface area contributed by atoms with Crippen molar-refractivity contribution in [3.63, 3.8) is 0 Å². The number of hydrogen-bond acceptors (Lipinski definition) is 3. The van der Waals surface area contributed by atoms with Crippen molar-refractivity contribution in [3.8, 4) is 0 Å². The lowest BCUT2D eigenvalue weighted by molar-refractivity contribution is 0.176. The zero-order valence-electron chi connectivity index (χ0n) is 12.5.